The van der Waals surface area contributed by atoms with Crippen molar-refractivity contribution >= 4 is 17.5 Å². The summed E-state index contributed by atoms with van der Waals surface area (Å²) in [5.74, 6) is -1.06. The molecule has 1 spiro atoms. The fraction of sp³-hybridized carbons (Fsp3) is 0.600. The Kier molecular flexibility index (Phi) is 5.94. The van der Waals surface area contributed by atoms with Crippen LogP contribution in [0.4, 0.5) is 5.69 Å². The highest BCUT2D eigenvalue weighted by atomic mass is 16.5. The van der Waals surface area contributed by atoms with Crippen molar-refractivity contribution in [1.29, 1.82) is 0 Å². The zero-order chi connectivity index (χ0) is 23.3. The second-order valence-corrected chi connectivity index (χ2v) is 9.85. The van der Waals surface area contributed by atoms with Crippen LogP contribution in [0.1, 0.15) is 45.6 Å². The standard InChI is InChI=1S/C25H34N2O5/c1-5-12-27-19-11-7-6-10-18(19)25(23(27)30)16(2)22(24(3,4)31)20(32-25)14-21(29)26-13-8-9-17(26)15-28/h5-7,10-11,16-17,20,22,28,31H,1,8-9,12-15H2,2-4H3/t16-,17+,20+,22-,25+/m1/s1. The van der Waals surface area contributed by atoms with Crippen molar-refractivity contribution in [2.75, 3.05) is 24.6 Å². The molecule has 3 aliphatic rings. The van der Waals surface area contributed by atoms with E-state index in [-0.39, 0.29) is 36.8 Å². The molecule has 0 aliphatic carbocycles. The van der Waals surface area contributed by atoms with Crippen LogP contribution >= 0.6 is 0 Å². The number of hydrogen-bond donors (Lipinski definition) is 2. The van der Waals surface area contributed by atoms with Gasteiger partial charge in [0, 0.05) is 30.5 Å². The average molecular weight is 443 g/mol. The van der Waals surface area contributed by atoms with E-state index in [1.165, 1.54) is 0 Å². The van der Waals surface area contributed by atoms with Crippen LogP contribution in [0.25, 0.3) is 0 Å². The Morgan fingerprint density at radius 3 is 2.75 bits per heavy atom. The van der Waals surface area contributed by atoms with E-state index >= 15 is 0 Å². The summed E-state index contributed by atoms with van der Waals surface area (Å²) in [4.78, 5) is 30.4. The lowest BCUT2D eigenvalue weighted by atomic mass is 9.71. The summed E-state index contributed by atoms with van der Waals surface area (Å²) in [6.45, 7) is 10.1. The Balaban J connectivity index is 1.72. The van der Waals surface area contributed by atoms with Crippen LogP contribution < -0.4 is 4.90 Å². The Hall–Kier alpha value is -2.22. The van der Waals surface area contributed by atoms with Gasteiger partial charge in [0.15, 0.2) is 5.60 Å². The van der Waals surface area contributed by atoms with Crippen molar-refractivity contribution in [1.82, 2.24) is 4.90 Å². The van der Waals surface area contributed by atoms with Crippen LogP contribution in [-0.2, 0) is 19.9 Å². The first kappa shape index (κ1) is 23.0. The smallest absolute Gasteiger partial charge is 0.264 e. The first-order valence-electron chi connectivity index (χ1n) is 11.5. The lowest BCUT2D eigenvalue weighted by Crippen LogP contribution is -2.46. The number of aliphatic hydroxyl groups is 2. The van der Waals surface area contributed by atoms with E-state index in [4.69, 9.17) is 4.74 Å². The van der Waals surface area contributed by atoms with E-state index in [0.29, 0.717) is 13.1 Å². The number of carbonyl (C=O) groups excluding carboxylic acids is 2. The topological polar surface area (TPSA) is 90.3 Å². The maximum atomic E-state index is 13.8. The van der Waals surface area contributed by atoms with E-state index in [0.717, 1.165) is 24.1 Å². The van der Waals surface area contributed by atoms with Gasteiger partial charge in [0.25, 0.3) is 5.91 Å². The van der Waals surface area contributed by atoms with Gasteiger partial charge < -0.3 is 24.7 Å². The van der Waals surface area contributed by atoms with Crippen LogP contribution in [0.5, 0.6) is 0 Å². The lowest BCUT2D eigenvalue weighted by molar-refractivity contribution is -0.150. The van der Waals surface area contributed by atoms with Crippen molar-refractivity contribution < 1.29 is 24.5 Å². The van der Waals surface area contributed by atoms with Gasteiger partial charge in [0.05, 0.1) is 36.5 Å². The number of ether oxygens (including phenoxy) is 1. The average Bonchev–Trinajstić information content (AvgIpc) is 3.39. The Morgan fingerprint density at radius 1 is 1.38 bits per heavy atom. The fourth-order valence-electron chi connectivity index (χ4n) is 6.19. The summed E-state index contributed by atoms with van der Waals surface area (Å²) >= 11 is 0. The van der Waals surface area contributed by atoms with E-state index in [1.807, 2.05) is 31.2 Å². The molecular weight excluding hydrogens is 408 g/mol. The van der Waals surface area contributed by atoms with Crippen LogP contribution in [-0.4, -0.2) is 64.4 Å². The quantitative estimate of drug-likeness (QED) is 0.660. The minimum absolute atomic E-state index is 0.0606. The summed E-state index contributed by atoms with van der Waals surface area (Å²) in [5, 5.41) is 20.7. The molecule has 1 aromatic rings. The predicted octanol–water partition coefficient (Wildman–Crippen LogP) is 2.21. The monoisotopic (exact) mass is 442 g/mol. The molecule has 1 aromatic carbocycles. The largest absolute Gasteiger partial charge is 0.394 e. The summed E-state index contributed by atoms with van der Waals surface area (Å²) in [5.41, 5.74) is -0.851. The molecule has 0 radical (unpaired) electrons. The second kappa shape index (κ2) is 8.28. The Bertz CT molecular complexity index is 910. The number of aliphatic hydroxyl groups excluding tert-OH is 1. The van der Waals surface area contributed by atoms with Crippen LogP contribution in [0.15, 0.2) is 36.9 Å². The minimum atomic E-state index is -1.25. The molecule has 7 heteroatoms. The van der Waals surface area contributed by atoms with Crippen LogP contribution in [0, 0.1) is 11.8 Å². The number of likely N-dealkylation sites (tertiary alicyclic amines) is 1. The molecular formula is C25H34N2O5. The number of hydrogen-bond acceptors (Lipinski definition) is 5. The Morgan fingerprint density at radius 2 is 2.09 bits per heavy atom. The summed E-state index contributed by atoms with van der Waals surface area (Å²) < 4.78 is 6.58. The van der Waals surface area contributed by atoms with Gasteiger partial charge in [-0.3, -0.25) is 9.59 Å². The molecule has 2 amide bonds. The molecule has 4 rings (SSSR count). The van der Waals surface area contributed by atoms with Gasteiger partial charge in [-0.25, -0.2) is 0 Å². The summed E-state index contributed by atoms with van der Waals surface area (Å²) in [6.07, 6.45) is 2.77. The number of nitrogens with zero attached hydrogens (tertiary/aromatic N) is 2. The van der Waals surface area contributed by atoms with Crippen LogP contribution in [0.3, 0.4) is 0 Å². The molecule has 2 saturated heterocycles. The van der Waals surface area contributed by atoms with Gasteiger partial charge in [0.2, 0.25) is 5.91 Å². The van der Waals surface area contributed by atoms with Crippen molar-refractivity contribution in [2.45, 2.75) is 63.4 Å². The normalized spacial score (nSPS) is 32.1. The highest BCUT2D eigenvalue weighted by Gasteiger charge is 2.65. The maximum absolute atomic E-state index is 13.8. The fourth-order valence-corrected chi connectivity index (χ4v) is 6.19. The zero-order valence-corrected chi connectivity index (χ0v) is 19.2. The SMILES string of the molecule is C=CCN1C(=O)[C@@]2(O[C@@H](CC(=O)N3CCC[C@H]3CO)[C@H](C(C)(C)O)[C@H]2C)c2ccccc21. The van der Waals surface area contributed by atoms with Gasteiger partial charge in [0.1, 0.15) is 0 Å². The third-order valence-corrected chi connectivity index (χ3v) is 7.49. The summed E-state index contributed by atoms with van der Waals surface area (Å²) in [7, 11) is 0. The number of para-hydroxylation sites is 1. The number of anilines is 1. The molecule has 2 fully saturated rings. The highest BCUT2D eigenvalue weighted by Crippen LogP contribution is 2.57. The van der Waals surface area contributed by atoms with Crippen molar-refractivity contribution in [3.05, 3.63) is 42.5 Å². The molecule has 7 nitrogen and oxygen atoms in total. The van der Waals surface area contributed by atoms with E-state index in [2.05, 4.69) is 6.58 Å². The molecule has 0 aromatic heterocycles. The molecule has 174 valence electrons. The molecule has 5 atom stereocenters. The number of benzene rings is 1. The van der Waals surface area contributed by atoms with Gasteiger partial charge >= 0.3 is 0 Å². The number of amides is 2. The predicted molar refractivity (Wildman–Crippen MR) is 121 cm³/mol. The van der Waals surface area contributed by atoms with Crippen molar-refractivity contribution in [3.63, 3.8) is 0 Å². The minimum Gasteiger partial charge on any atom is -0.394 e. The van der Waals surface area contributed by atoms with Gasteiger partial charge in [-0.05, 0) is 32.8 Å². The molecule has 3 heterocycles. The van der Waals surface area contributed by atoms with Crippen molar-refractivity contribution in [3.8, 4) is 0 Å². The molecule has 32 heavy (non-hydrogen) atoms. The molecule has 0 saturated carbocycles. The van der Waals surface area contributed by atoms with Crippen LogP contribution in [0.2, 0.25) is 0 Å². The van der Waals surface area contributed by atoms with Crippen molar-refractivity contribution in [2.24, 2.45) is 11.8 Å². The van der Waals surface area contributed by atoms with E-state index in [1.54, 1.807) is 29.7 Å². The maximum Gasteiger partial charge on any atom is 0.264 e. The lowest BCUT2D eigenvalue weighted by Gasteiger charge is -2.34. The highest BCUT2D eigenvalue weighted by molar-refractivity contribution is 6.07. The first-order valence-corrected chi connectivity index (χ1v) is 11.5. The molecule has 0 bridgehead atoms. The third-order valence-electron chi connectivity index (χ3n) is 7.49. The van der Waals surface area contributed by atoms with Gasteiger partial charge in [-0.1, -0.05) is 31.2 Å². The molecule has 3 aliphatic heterocycles. The van der Waals surface area contributed by atoms with E-state index in [9.17, 15) is 19.8 Å². The zero-order valence-electron chi connectivity index (χ0n) is 19.2. The second-order valence-electron chi connectivity index (χ2n) is 9.85. The first-order chi connectivity index (χ1) is 15.2. The Labute approximate surface area is 189 Å². The summed E-state index contributed by atoms with van der Waals surface area (Å²) in [6, 6.07) is 7.40. The van der Waals surface area contributed by atoms with E-state index < -0.39 is 23.2 Å². The molecule has 0 unspecified atom stereocenters. The molecule has 2 N–H and O–H groups in total. The third kappa shape index (κ3) is 3.38. The number of carbonyl (C=O) groups is 2. The number of rotatable bonds is 6. The number of fused-ring (bicyclic) bond motifs is 2. The van der Waals surface area contributed by atoms with Gasteiger partial charge in [-0.15, -0.1) is 6.58 Å². The van der Waals surface area contributed by atoms with Gasteiger partial charge in [-0.2, -0.15) is 0 Å².